The number of hydrogen-bond acceptors (Lipinski definition) is 3. The average Bonchev–Trinajstić information content (AvgIpc) is 2.11. The van der Waals surface area contributed by atoms with Crippen LogP contribution in [-0.2, 0) is 9.53 Å². The highest BCUT2D eigenvalue weighted by molar-refractivity contribution is 5.72. The summed E-state index contributed by atoms with van der Waals surface area (Å²) in [5, 5.41) is 12.4. The molecule has 0 aromatic carbocycles. The van der Waals surface area contributed by atoms with E-state index in [0.717, 1.165) is 32.3 Å². The second kappa shape index (κ2) is 4.49. The van der Waals surface area contributed by atoms with Gasteiger partial charge in [0, 0.05) is 18.7 Å². The normalized spacial score (nSPS) is 40.9. The minimum atomic E-state index is -0.654. The molecule has 1 aliphatic carbocycles. The fourth-order valence-corrected chi connectivity index (χ4v) is 2.45. The molecule has 0 bridgehead atoms. The number of nitrogens with one attached hydrogen (secondary N) is 1. The number of carboxylic acid groups (broad SMARTS) is 1. The van der Waals surface area contributed by atoms with Crippen LogP contribution >= 0.6 is 0 Å². The molecule has 4 atom stereocenters. The van der Waals surface area contributed by atoms with E-state index in [-0.39, 0.29) is 12.0 Å². The lowest BCUT2D eigenvalue weighted by molar-refractivity contribution is -0.146. The molecule has 15 heavy (non-hydrogen) atoms. The third-order valence-electron chi connectivity index (χ3n) is 3.53. The van der Waals surface area contributed by atoms with E-state index in [9.17, 15) is 4.79 Å². The van der Waals surface area contributed by atoms with E-state index >= 15 is 0 Å². The zero-order valence-corrected chi connectivity index (χ0v) is 9.11. The number of carbonyl (C=O) groups is 1. The third-order valence-corrected chi connectivity index (χ3v) is 3.53. The Morgan fingerprint density at radius 1 is 1.40 bits per heavy atom. The van der Waals surface area contributed by atoms with Crippen molar-refractivity contribution in [3.8, 4) is 0 Å². The van der Waals surface area contributed by atoms with Gasteiger partial charge in [0.1, 0.15) is 0 Å². The fourth-order valence-electron chi connectivity index (χ4n) is 2.45. The standard InChI is InChI=1S/C11H19NO3/c1-7-6-8(4-5-15-7)12-10-3-2-9(10)11(13)14/h7-10,12H,2-6H2,1H3,(H,13,14). The molecule has 0 amide bonds. The highest BCUT2D eigenvalue weighted by Crippen LogP contribution is 2.29. The Balaban J connectivity index is 1.79. The predicted octanol–water partition coefficient (Wildman–Crippen LogP) is 1.01. The Bertz CT molecular complexity index is 244. The van der Waals surface area contributed by atoms with Crippen molar-refractivity contribution < 1.29 is 14.6 Å². The first-order valence-corrected chi connectivity index (χ1v) is 5.77. The monoisotopic (exact) mass is 213 g/mol. The summed E-state index contributed by atoms with van der Waals surface area (Å²) in [6.45, 7) is 2.87. The maximum absolute atomic E-state index is 10.8. The first-order chi connectivity index (χ1) is 7.16. The van der Waals surface area contributed by atoms with Crippen LogP contribution in [-0.4, -0.2) is 35.9 Å². The molecule has 1 heterocycles. The van der Waals surface area contributed by atoms with Gasteiger partial charge < -0.3 is 15.2 Å². The quantitative estimate of drug-likeness (QED) is 0.734. The van der Waals surface area contributed by atoms with Gasteiger partial charge >= 0.3 is 5.97 Å². The van der Waals surface area contributed by atoms with Crippen molar-refractivity contribution in [1.82, 2.24) is 5.32 Å². The molecule has 0 radical (unpaired) electrons. The number of ether oxygens (including phenoxy) is 1. The Hall–Kier alpha value is -0.610. The van der Waals surface area contributed by atoms with Crippen molar-refractivity contribution in [2.45, 2.75) is 50.8 Å². The van der Waals surface area contributed by atoms with Crippen LogP contribution in [0.1, 0.15) is 32.6 Å². The third kappa shape index (κ3) is 2.49. The van der Waals surface area contributed by atoms with Crippen LogP contribution in [0.15, 0.2) is 0 Å². The second-order valence-corrected chi connectivity index (χ2v) is 4.70. The molecule has 0 aromatic rings. The van der Waals surface area contributed by atoms with Gasteiger partial charge in [-0.25, -0.2) is 0 Å². The van der Waals surface area contributed by atoms with Gasteiger partial charge in [-0.15, -0.1) is 0 Å². The molecule has 4 heteroatoms. The van der Waals surface area contributed by atoms with E-state index in [2.05, 4.69) is 12.2 Å². The summed E-state index contributed by atoms with van der Waals surface area (Å²) < 4.78 is 5.46. The van der Waals surface area contributed by atoms with Crippen LogP contribution in [0.25, 0.3) is 0 Å². The van der Waals surface area contributed by atoms with Crippen LogP contribution in [0.2, 0.25) is 0 Å². The number of rotatable bonds is 3. The summed E-state index contributed by atoms with van der Waals surface area (Å²) >= 11 is 0. The molecule has 4 nitrogen and oxygen atoms in total. The van der Waals surface area contributed by atoms with Crippen molar-refractivity contribution in [2.24, 2.45) is 5.92 Å². The molecule has 4 unspecified atom stereocenters. The first kappa shape index (κ1) is 10.9. The Kier molecular flexibility index (Phi) is 3.26. The second-order valence-electron chi connectivity index (χ2n) is 4.70. The first-order valence-electron chi connectivity index (χ1n) is 5.77. The number of carboxylic acids is 1. The SMILES string of the molecule is CC1CC(NC2CCC2C(=O)O)CCO1. The van der Waals surface area contributed by atoms with E-state index in [4.69, 9.17) is 9.84 Å². The summed E-state index contributed by atoms with van der Waals surface area (Å²) in [5.41, 5.74) is 0. The van der Waals surface area contributed by atoms with Crippen molar-refractivity contribution in [1.29, 1.82) is 0 Å². The minimum Gasteiger partial charge on any atom is -0.481 e. The van der Waals surface area contributed by atoms with Crippen molar-refractivity contribution in [3.63, 3.8) is 0 Å². The van der Waals surface area contributed by atoms with Gasteiger partial charge in [0.25, 0.3) is 0 Å². The highest BCUT2D eigenvalue weighted by Gasteiger charge is 2.38. The zero-order chi connectivity index (χ0) is 10.8. The van der Waals surface area contributed by atoms with Crippen LogP contribution in [0.4, 0.5) is 0 Å². The van der Waals surface area contributed by atoms with E-state index in [1.165, 1.54) is 0 Å². The van der Waals surface area contributed by atoms with Crippen LogP contribution in [0.5, 0.6) is 0 Å². The van der Waals surface area contributed by atoms with Gasteiger partial charge in [-0.1, -0.05) is 0 Å². The molecule has 2 aliphatic rings. The van der Waals surface area contributed by atoms with Crippen molar-refractivity contribution >= 4 is 5.97 Å². The van der Waals surface area contributed by atoms with E-state index in [0.29, 0.717) is 12.1 Å². The summed E-state index contributed by atoms with van der Waals surface area (Å²) in [5.74, 6) is -0.818. The van der Waals surface area contributed by atoms with Gasteiger partial charge in [-0.2, -0.15) is 0 Å². The van der Waals surface area contributed by atoms with Crippen LogP contribution in [0, 0.1) is 5.92 Å². The zero-order valence-electron chi connectivity index (χ0n) is 9.11. The Labute approximate surface area is 90.0 Å². The van der Waals surface area contributed by atoms with E-state index in [1.807, 2.05) is 0 Å². The molecular formula is C11H19NO3. The Morgan fingerprint density at radius 2 is 2.20 bits per heavy atom. The predicted molar refractivity (Wildman–Crippen MR) is 55.7 cm³/mol. The van der Waals surface area contributed by atoms with Gasteiger partial charge in [0.15, 0.2) is 0 Å². The fraction of sp³-hybridized carbons (Fsp3) is 0.909. The van der Waals surface area contributed by atoms with Gasteiger partial charge in [-0.3, -0.25) is 4.79 Å². The average molecular weight is 213 g/mol. The lowest BCUT2D eigenvalue weighted by Crippen LogP contribution is -2.53. The molecule has 2 N–H and O–H groups in total. The summed E-state index contributed by atoms with van der Waals surface area (Å²) in [7, 11) is 0. The summed E-state index contributed by atoms with van der Waals surface area (Å²) in [6, 6.07) is 0.638. The lowest BCUT2D eigenvalue weighted by atomic mass is 9.79. The summed E-state index contributed by atoms with van der Waals surface area (Å²) in [4.78, 5) is 10.8. The van der Waals surface area contributed by atoms with E-state index in [1.54, 1.807) is 0 Å². The van der Waals surface area contributed by atoms with Gasteiger partial charge in [0.2, 0.25) is 0 Å². The van der Waals surface area contributed by atoms with Crippen LogP contribution in [0.3, 0.4) is 0 Å². The molecule has 2 rings (SSSR count). The number of aliphatic carboxylic acids is 1. The highest BCUT2D eigenvalue weighted by atomic mass is 16.5. The molecule has 1 aliphatic heterocycles. The topological polar surface area (TPSA) is 58.6 Å². The van der Waals surface area contributed by atoms with Gasteiger partial charge in [-0.05, 0) is 32.6 Å². The molecule has 1 saturated carbocycles. The molecule has 86 valence electrons. The molecule has 1 saturated heterocycles. The van der Waals surface area contributed by atoms with Crippen molar-refractivity contribution in [3.05, 3.63) is 0 Å². The smallest absolute Gasteiger partial charge is 0.308 e. The maximum atomic E-state index is 10.8. The van der Waals surface area contributed by atoms with E-state index < -0.39 is 5.97 Å². The molecule has 0 aromatic heterocycles. The maximum Gasteiger partial charge on any atom is 0.308 e. The molecule has 2 fully saturated rings. The van der Waals surface area contributed by atoms with Crippen LogP contribution < -0.4 is 5.32 Å². The number of hydrogen-bond donors (Lipinski definition) is 2. The minimum absolute atomic E-state index is 0.164. The van der Waals surface area contributed by atoms with Crippen molar-refractivity contribution in [2.75, 3.05) is 6.61 Å². The largest absolute Gasteiger partial charge is 0.481 e. The Morgan fingerprint density at radius 3 is 2.73 bits per heavy atom. The summed E-state index contributed by atoms with van der Waals surface area (Å²) in [6.07, 6.45) is 4.14. The molecular weight excluding hydrogens is 194 g/mol. The van der Waals surface area contributed by atoms with Gasteiger partial charge in [0.05, 0.1) is 12.0 Å². The molecule has 0 spiro atoms. The lowest BCUT2D eigenvalue weighted by Gasteiger charge is -2.39.